The predicted molar refractivity (Wildman–Crippen MR) is 63.2 cm³/mol. The Morgan fingerprint density at radius 2 is 2.13 bits per heavy atom. The predicted octanol–water partition coefficient (Wildman–Crippen LogP) is 2.35. The molecule has 0 saturated heterocycles. The largest absolute Gasteiger partial charge is 0.496 e. The van der Waals surface area contributed by atoms with Crippen LogP contribution in [0, 0.1) is 0 Å². The van der Waals surface area contributed by atoms with Crippen molar-refractivity contribution >= 4 is 5.84 Å². The number of ether oxygens (including phenoxy) is 1. The molecule has 82 valence electrons. The van der Waals surface area contributed by atoms with Gasteiger partial charge in [0.05, 0.1) is 19.5 Å². The summed E-state index contributed by atoms with van der Waals surface area (Å²) >= 11 is 0. The van der Waals surface area contributed by atoms with Gasteiger partial charge < -0.3 is 10.5 Å². The number of hydrogen-bond donors (Lipinski definition) is 1. The Hall–Kier alpha value is -1.51. The highest BCUT2D eigenvalue weighted by molar-refractivity contribution is 5.80. The van der Waals surface area contributed by atoms with Gasteiger partial charge in [-0.3, -0.25) is 4.99 Å². The molecule has 0 aliphatic carbocycles. The molecule has 0 saturated carbocycles. The number of hydrogen-bond acceptors (Lipinski definition) is 2. The molecule has 0 aliphatic heterocycles. The molecule has 1 aromatic rings. The first-order chi connectivity index (χ1) is 7.27. The lowest BCUT2D eigenvalue weighted by molar-refractivity contribution is 0.410. The van der Waals surface area contributed by atoms with Crippen molar-refractivity contribution in [2.45, 2.75) is 26.3 Å². The quantitative estimate of drug-likeness (QED) is 0.594. The van der Waals surface area contributed by atoms with E-state index in [0.717, 1.165) is 24.2 Å². The number of para-hydroxylation sites is 1. The van der Waals surface area contributed by atoms with Crippen LogP contribution in [0.1, 0.15) is 25.3 Å². The van der Waals surface area contributed by atoms with Gasteiger partial charge in [0.25, 0.3) is 0 Å². The van der Waals surface area contributed by atoms with Crippen LogP contribution in [0.5, 0.6) is 5.75 Å². The Morgan fingerprint density at radius 3 is 2.80 bits per heavy atom. The van der Waals surface area contributed by atoms with Crippen LogP contribution in [0.2, 0.25) is 0 Å². The lowest BCUT2D eigenvalue weighted by Gasteiger charge is -2.05. The molecule has 3 nitrogen and oxygen atoms in total. The molecule has 0 aromatic heterocycles. The van der Waals surface area contributed by atoms with Crippen LogP contribution in [0.25, 0.3) is 0 Å². The minimum absolute atomic E-state index is 0.593. The third-order valence-electron chi connectivity index (χ3n) is 2.15. The van der Waals surface area contributed by atoms with Gasteiger partial charge in [-0.05, 0) is 12.5 Å². The highest BCUT2D eigenvalue weighted by Crippen LogP contribution is 2.17. The standard InChI is InChI=1S/C12H18N2O/c1-3-6-12(13)14-9-10-7-4-5-8-11(10)15-2/h4-5,7-8H,3,6,9H2,1-2H3,(H2,13,14). The fourth-order valence-electron chi connectivity index (χ4n) is 1.36. The second-order valence-electron chi connectivity index (χ2n) is 3.37. The summed E-state index contributed by atoms with van der Waals surface area (Å²) in [6.07, 6.45) is 1.89. The zero-order valence-corrected chi connectivity index (χ0v) is 9.36. The van der Waals surface area contributed by atoms with Crippen LogP contribution in [0.4, 0.5) is 0 Å². The van der Waals surface area contributed by atoms with Gasteiger partial charge in [0.1, 0.15) is 5.75 Å². The first-order valence-electron chi connectivity index (χ1n) is 5.18. The smallest absolute Gasteiger partial charge is 0.123 e. The zero-order chi connectivity index (χ0) is 11.1. The molecule has 2 N–H and O–H groups in total. The first-order valence-corrected chi connectivity index (χ1v) is 5.18. The van der Waals surface area contributed by atoms with Crippen LogP contribution < -0.4 is 10.5 Å². The number of nitrogens with two attached hydrogens (primary N) is 1. The lowest BCUT2D eigenvalue weighted by atomic mass is 10.2. The summed E-state index contributed by atoms with van der Waals surface area (Å²) < 4.78 is 5.23. The maximum Gasteiger partial charge on any atom is 0.123 e. The van der Waals surface area contributed by atoms with Crippen LogP contribution in [0.3, 0.4) is 0 Å². The highest BCUT2D eigenvalue weighted by atomic mass is 16.5. The van der Waals surface area contributed by atoms with Crippen molar-refractivity contribution in [1.82, 2.24) is 0 Å². The SMILES string of the molecule is CCCC(N)=NCc1ccccc1OC. The number of benzene rings is 1. The van der Waals surface area contributed by atoms with E-state index in [0.29, 0.717) is 12.4 Å². The molecule has 0 amide bonds. The molecule has 0 bridgehead atoms. The molecule has 0 radical (unpaired) electrons. The molecule has 0 atom stereocenters. The molecule has 0 aliphatic rings. The van der Waals surface area contributed by atoms with Gasteiger partial charge in [-0.15, -0.1) is 0 Å². The van der Waals surface area contributed by atoms with Gasteiger partial charge >= 0.3 is 0 Å². The zero-order valence-electron chi connectivity index (χ0n) is 9.36. The Bertz CT molecular complexity index is 334. The van der Waals surface area contributed by atoms with Gasteiger partial charge in [0.2, 0.25) is 0 Å². The number of rotatable bonds is 5. The second kappa shape index (κ2) is 6.06. The third kappa shape index (κ3) is 3.62. The van der Waals surface area contributed by atoms with Crippen molar-refractivity contribution in [3.63, 3.8) is 0 Å². The van der Waals surface area contributed by atoms with Crippen LogP contribution >= 0.6 is 0 Å². The van der Waals surface area contributed by atoms with E-state index in [9.17, 15) is 0 Å². The summed E-state index contributed by atoms with van der Waals surface area (Å²) in [7, 11) is 1.66. The summed E-state index contributed by atoms with van der Waals surface area (Å²) in [5.74, 6) is 1.58. The lowest BCUT2D eigenvalue weighted by Crippen LogP contribution is -2.11. The summed E-state index contributed by atoms with van der Waals surface area (Å²) in [5, 5.41) is 0. The number of nitrogens with zero attached hydrogens (tertiary/aromatic N) is 1. The normalized spacial score (nSPS) is 11.5. The van der Waals surface area contributed by atoms with Crippen LogP contribution in [-0.4, -0.2) is 12.9 Å². The van der Waals surface area contributed by atoms with Crippen molar-refractivity contribution in [3.05, 3.63) is 29.8 Å². The van der Waals surface area contributed by atoms with E-state index in [1.807, 2.05) is 24.3 Å². The minimum atomic E-state index is 0.593. The van der Waals surface area contributed by atoms with Crippen molar-refractivity contribution in [2.24, 2.45) is 10.7 Å². The van der Waals surface area contributed by atoms with Gasteiger partial charge in [0.15, 0.2) is 0 Å². The maximum atomic E-state index is 5.73. The first kappa shape index (κ1) is 11.6. The average Bonchev–Trinajstić information content (AvgIpc) is 2.27. The fraction of sp³-hybridized carbons (Fsp3) is 0.417. The Morgan fingerprint density at radius 1 is 1.40 bits per heavy atom. The number of amidine groups is 1. The number of aliphatic imine (C=N–C) groups is 1. The van der Waals surface area contributed by atoms with E-state index in [-0.39, 0.29) is 0 Å². The van der Waals surface area contributed by atoms with E-state index in [1.54, 1.807) is 7.11 Å². The van der Waals surface area contributed by atoms with Gasteiger partial charge in [-0.1, -0.05) is 25.1 Å². The summed E-state index contributed by atoms with van der Waals surface area (Å²) in [5.41, 5.74) is 6.80. The molecule has 1 aromatic carbocycles. The molecule has 1 rings (SSSR count). The van der Waals surface area contributed by atoms with Gasteiger partial charge in [-0.2, -0.15) is 0 Å². The topological polar surface area (TPSA) is 47.6 Å². The molecule has 15 heavy (non-hydrogen) atoms. The molecule has 0 fully saturated rings. The average molecular weight is 206 g/mol. The fourth-order valence-corrected chi connectivity index (χ4v) is 1.36. The van der Waals surface area contributed by atoms with E-state index in [1.165, 1.54) is 0 Å². The summed E-state index contributed by atoms with van der Waals surface area (Å²) in [6, 6.07) is 7.85. The minimum Gasteiger partial charge on any atom is -0.496 e. The molecular formula is C12H18N2O. The Kier molecular flexibility index (Phi) is 4.68. The Labute approximate surface area is 91.0 Å². The summed E-state index contributed by atoms with van der Waals surface area (Å²) in [6.45, 7) is 2.68. The van der Waals surface area contributed by atoms with E-state index >= 15 is 0 Å². The van der Waals surface area contributed by atoms with E-state index < -0.39 is 0 Å². The van der Waals surface area contributed by atoms with E-state index in [4.69, 9.17) is 10.5 Å². The number of methoxy groups -OCH3 is 1. The second-order valence-corrected chi connectivity index (χ2v) is 3.37. The van der Waals surface area contributed by atoms with E-state index in [2.05, 4.69) is 11.9 Å². The molecule has 3 heteroatoms. The maximum absolute atomic E-state index is 5.73. The monoisotopic (exact) mass is 206 g/mol. The van der Waals surface area contributed by atoms with Crippen molar-refractivity contribution in [2.75, 3.05) is 7.11 Å². The Balaban J connectivity index is 2.68. The summed E-state index contributed by atoms with van der Waals surface area (Å²) in [4.78, 5) is 4.31. The molecular weight excluding hydrogens is 188 g/mol. The molecule has 0 heterocycles. The molecule has 0 spiro atoms. The van der Waals surface area contributed by atoms with Gasteiger partial charge in [-0.25, -0.2) is 0 Å². The van der Waals surface area contributed by atoms with Crippen LogP contribution in [-0.2, 0) is 6.54 Å². The third-order valence-corrected chi connectivity index (χ3v) is 2.15. The molecule has 0 unspecified atom stereocenters. The van der Waals surface area contributed by atoms with Crippen LogP contribution in [0.15, 0.2) is 29.3 Å². The highest BCUT2D eigenvalue weighted by Gasteiger charge is 2.00. The van der Waals surface area contributed by atoms with Gasteiger partial charge in [0, 0.05) is 12.0 Å². The van der Waals surface area contributed by atoms with Crippen molar-refractivity contribution < 1.29 is 4.74 Å². The van der Waals surface area contributed by atoms with Crippen molar-refractivity contribution in [3.8, 4) is 5.75 Å². The van der Waals surface area contributed by atoms with Crippen molar-refractivity contribution in [1.29, 1.82) is 0 Å².